The second-order valence-electron chi connectivity index (χ2n) is 17.7. The van der Waals surface area contributed by atoms with Crippen LogP contribution in [0.3, 0.4) is 0 Å². The Morgan fingerprint density at radius 3 is 2.37 bits per heavy atom. The predicted molar refractivity (Wildman–Crippen MR) is 244 cm³/mol. The van der Waals surface area contributed by atoms with Gasteiger partial charge in [-0.15, -0.1) is 0 Å². The smallest absolute Gasteiger partial charge is 0.301 e. The number of piperidine rings is 1. The molecule has 2 atom stereocenters. The third-order valence-corrected chi connectivity index (χ3v) is 14.8. The van der Waals surface area contributed by atoms with Crippen LogP contribution in [0.15, 0.2) is 77.9 Å². The van der Waals surface area contributed by atoms with Crippen LogP contribution in [0, 0.1) is 30.0 Å². The fourth-order valence-corrected chi connectivity index (χ4v) is 11.1. The number of anilines is 3. The molecule has 5 aliphatic rings. The van der Waals surface area contributed by atoms with Crippen LogP contribution in [0.1, 0.15) is 46.3 Å². The fourth-order valence-electron chi connectivity index (χ4n) is 9.79. The molecule has 5 aliphatic heterocycles. The van der Waals surface area contributed by atoms with Crippen molar-refractivity contribution in [2.45, 2.75) is 44.9 Å². The predicted octanol–water partition coefficient (Wildman–Crippen LogP) is 4.22. The highest BCUT2D eigenvalue weighted by Crippen LogP contribution is 2.37. The lowest BCUT2D eigenvalue weighted by atomic mass is 9.95. The molecule has 10 rings (SSSR count). The lowest BCUT2D eigenvalue weighted by molar-refractivity contribution is -0.136. The minimum Gasteiger partial charge on any atom is -0.453 e. The van der Waals surface area contributed by atoms with Gasteiger partial charge in [-0.05, 0) is 97.6 Å². The van der Waals surface area contributed by atoms with E-state index in [1.807, 2.05) is 31.2 Å². The van der Waals surface area contributed by atoms with Crippen molar-refractivity contribution in [3.8, 4) is 23.3 Å². The number of carbonyl (C=O) groups excluding carboxylic acids is 3. The van der Waals surface area contributed by atoms with E-state index >= 15 is 4.39 Å². The summed E-state index contributed by atoms with van der Waals surface area (Å²) < 4.78 is 65.1. The number of halogens is 2. The summed E-state index contributed by atoms with van der Waals surface area (Å²) in [6.45, 7) is 8.17. The first-order chi connectivity index (χ1) is 32.2. The topological polar surface area (TPSA) is 194 Å². The quantitative estimate of drug-likeness (QED) is 0.180. The Kier molecular flexibility index (Phi) is 11.4. The molecule has 0 unspecified atom stereocenters. The van der Waals surface area contributed by atoms with Crippen LogP contribution in [-0.2, 0) is 26.3 Å². The molecule has 0 saturated carbocycles. The molecule has 0 radical (unpaired) electrons. The van der Waals surface area contributed by atoms with E-state index in [0.717, 1.165) is 84.8 Å². The largest absolute Gasteiger partial charge is 0.453 e. The zero-order valence-electron chi connectivity index (χ0n) is 36.5. The molecular weight excluding hydrogens is 887 g/mol. The number of hydrogen-bond donors (Lipinski definition) is 2. The van der Waals surface area contributed by atoms with E-state index < -0.39 is 51.0 Å². The van der Waals surface area contributed by atoms with Crippen LogP contribution in [0.5, 0.6) is 11.5 Å². The molecule has 0 spiro atoms. The normalized spacial score (nSPS) is 20.5. The summed E-state index contributed by atoms with van der Waals surface area (Å²) in [7, 11) is -4.24. The number of amides is 3. The summed E-state index contributed by atoms with van der Waals surface area (Å²) in [6, 6.07) is 19.3. The maximum absolute atomic E-state index is 15.2. The molecule has 346 valence electrons. The maximum Gasteiger partial charge on any atom is 0.301 e. The summed E-state index contributed by atoms with van der Waals surface area (Å²) in [5.74, 6) is -1.84. The van der Waals surface area contributed by atoms with Crippen molar-refractivity contribution in [3.05, 3.63) is 111 Å². The number of nitriles is 1. The van der Waals surface area contributed by atoms with Crippen molar-refractivity contribution in [3.63, 3.8) is 0 Å². The highest BCUT2D eigenvalue weighted by Gasteiger charge is 2.41. The molecule has 4 aromatic carbocycles. The minimum absolute atomic E-state index is 0.0120. The van der Waals surface area contributed by atoms with Gasteiger partial charge in [-0.1, -0.05) is 0 Å². The van der Waals surface area contributed by atoms with Gasteiger partial charge in [-0.3, -0.25) is 38.7 Å². The zero-order valence-corrected chi connectivity index (χ0v) is 37.3. The van der Waals surface area contributed by atoms with Gasteiger partial charge in [0.15, 0.2) is 11.6 Å². The standard InChI is InChI=1S/C47H46F2N10O7S/c1-28-18-34(19-30-25-58(47(63)43(28)30)41-10-11-42(60)52-45(41)61)56-23-29(24-56)22-54-14-16-55(17-15-54)32-2-4-33(5-3-32)59-27-51-39-8-6-35(20-36(39)46(59)62)66-44-37(21-50)40(9-7-38(44)49)53-67(64,65)57-13-12-31(48)26-57/h2-9,18-20,27,29,31,41,53H,10-17,22-26H2,1H3,(H,52,60,61)/t31-,41+/m1/s1. The van der Waals surface area contributed by atoms with Crippen molar-refractivity contribution in [2.24, 2.45) is 5.92 Å². The van der Waals surface area contributed by atoms with Crippen molar-refractivity contribution in [2.75, 3.05) is 73.4 Å². The molecule has 0 aliphatic carbocycles. The van der Waals surface area contributed by atoms with E-state index in [1.165, 1.54) is 29.1 Å². The van der Waals surface area contributed by atoms with E-state index in [1.54, 1.807) is 11.0 Å². The first kappa shape index (κ1) is 43.9. The van der Waals surface area contributed by atoms with Crippen molar-refractivity contribution in [1.29, 1.82) is 5.26 Å². The average Bonchev–Trinajstić information content (AvgIpc) is 3.89. The number of ether oxygens (including phenoxy) is 1. The lowest BCUT2D eigenvalue weighted by Gasteiger charge is -2.45. The molecule has 5 aromatic rings. The van der Waals surface area contributed by atoms with Gasteiger partial charge in [0, 0.05) is 94.7 Å². The number of hydrogen-bond acceptors (Lipinski definition) is 12. The molecular formula is C47H46F2N10O7S. The number of alkyl halides is 1. The van der Waals surface area contributed by atoms with Crippen LogP contribution in [-0.4, -0.2) is 121 Å². The first-order valence-corrected chi connectivity index (χ1v) is 23.6. The van der Waals surface area contributed by atoms with Crippen molar-refractivity contribution < 1.29 is 36.3 Å². The number of aromatic nitrogens is 2. The van der Waals surface area contributed by atoms with E-state index in [9.17, 15) is 37.2 Å². The monoisotopic (exact) mass is 932 g/mol. The van der Waals surface area contributed by atoms with Crippen LogP contribution in [0.25, 0.3) is 16.6 Å². The van der Waals surface area contributed by atoms with E-state index in [-0.39, 0.29) is 54.6 Å². The second kappa shape index (κ2) is 17.4. The number of benzene rings is 4. The Morgan fingerprint density at radius 1 is 0.896 bits per heavy atom. The zero-order chi connectivity index (χ0) is 46.7. The minimum atomic E-state index is -4.24. The van der Waals surface area contributed by atoms with Crippen molar-refractivity contribution >= 4 is 55.9 Å². The Bertz CT molecular complexity index is 3060. The highest BCUT2D eigenvalue weighted by molar-refractivity contribution is 7.90. The van der Waals surface area contributed by atoms with Gasteiger partial charge in [-0.2, -0.15) is 18.0 Å². The van der Waals surface area contributed by atoms with E-state index in [2.05, 4.69) is 41.9 Å². The van der Waals surface area contributed by atoms with Gasteiger partial charge in [0.25, 0.3) is 11.5 Å². The molecule has 6 heterocycles. The fraction of sp³-hybridized carbons (Fsp3) is 0.362. The summed E-state index contributed by atoms with van der Waals surface area (Å²) in [6.07, 6.45) is 0.715. The molecule has 4 saturated heterocycles. The number of nitrogens with one attached hydrogen (secondary N) is 2. The number of rotatable bonds is 11. The number of aryl methyl sites for hydroxylation is 1. The highest BCUT2D eigenvalue weighted by atomic mass is 32.2. The first-order valence-electron chi connectivity index (χ1n) is 22.2. The Balaban J connectivity index is 0.746. The Morgan fingerprint density at radius 2 is 1.66 bits per heavy atom. The molecule has 2 N–H and O–H groups in total. The number of piperazine rings is 1. The second-order valence-corrected chi connectivity index (χ2v) is 19.4. The summed E-state index contributed by atoms with van der Waals surface area (Å²) in [5, 5.41) is 12.5. The molecule has 4 fully saturated rings. The number of nitrogens with zero attached hydrogens (tertiary/aromatic N) is 8. The van der Waals surface area contributed by atoms with Gasteiger partial charge in [0.2, 0.25) is 11.8 Å². The summed E-state index contributed by atoms with van der Waals surface area (Å²) in [5.41, 5.74) is 4.40. The third-order valence-electron chi connectivity index (χ3n) is 13.4. The van der Waals surface area contributed by atoms with Gasteiger partial charge >= 0.3 is 10.2 Å². The molecule has 3 amide bonds. The van der Waals surface area contributed by atoms with Crippen LogP contribution >= 0.6 is 0 Å². The molecule has 0 bridgehead atoms. The van der Waals surface area contributed by atoms with Crippen LogP contribution < -0.4 is 30.1 Å². The van der Waals surface area contributed by atoms with E-state index in [4.69, 9.17) is 4.74 Å². The molecule has 20 heteroatoms. The third kappa shape index (κ3) is 8.42. The number of imide groups is 1. The van der Waals surface area contributed by atoms with Crippen molar-refractivity contribution in [1.82, 2.24) is 29.0 Å². The SMILES string of the molecule is Cc1cc(N2CC(CN3CCN(c4ccc(-n5cnc6ccc(Oc7c(F)ccc(NS(=O)(=O)N8CC[C@@H](F)C8)c7C#N)cc6c5=O)cc4)CC3)C2)cc2c1C(=O)N([C@H]1CCC(=O)NC1=O)C2. The van der Waals surface area contributed by atoms with E-state index in [0.29, 0.717) is 35.7 Å². The maximum atomic E-state index is 15.2. The van der Waals surface area contributed by atoms with Gasteiger partial charge in [0.1, 0.15) is 35.9 Å². The van der Waals surface area contributed by atoms with Gasteiger partial charge in [-0.25, -0.2) is 13.8 Å². The number of fused-ring (bicyclic) bond motifs is 2. The Labute approximate surface area is 384 Å². The van der Waals surface area contributed by atoms with Crippen LogP contribution in [0.4, 0.5) is 25.8 Å². The average molecular weight is 933 g/mol. The number of carbonyl (C=O) groups is 3. The molecule has 1 aromatic heterocycles. The van der Waals surface area contributed by atoms with Crippen LogP contribution in [0.2, 0.25) is 0 Å². The molecule has 67 heavy (non-hydrogen) atoms. The van der Waals surface area contributed by atoms with Gasteiger partial charge in [0.05, 0.1) is 22.3 Å². The molecule has 17 nitrogen and oxygen atoms in total. The summed E-state index contributed by atoms with van der Waals surface area (Å²) in [4.78, 5) is 64.6. The lowest BCUT2D eigenvalue weighted by Crippen LogP contribution is -2.55. The van der Waals surface area contributed by atoms with Gasteiger partial charge < -0.3 is 19.4 Å². The summed E-state index contributed by atoms with van der Waals surface area (Å²) >= 11 is 0. The Hall–Kier alpha value is -6.95.